The molecule has 1 aliphatic rings. The molecule has 0 spiro atoms. The monoisotopic (exact) mass is 345 g/mol. The van der Waals surface area contributed by atoms with E-state index in [0.717, 1.165) is 43.4 Å². The smallest absolute Gasteiger partial charge is 0.159 e. The summed E-state index contributed by atoms with van der Waals surface area (Å²) in [7, 11) is 0. The molecule has 0 saturated carbocycles. The van der Waals surface area contributed by atoms with Gasteiger partial charge in [-0.05, 0) is 36.5 Å². The predicted molar refractivity (Wildman–Crippen MR) is 105 cm³/mol. The third-order valence-electron chi connectivity index (χ3n) is 4.95. The summed E-state index contributed by atoms with van der Waals surface area (Å²) in [5.41, 5.74) is 4.13. The molecule has 0 fully saturated rings. The molecule has 5 nitrogen and oxygen atoms in total. The Bertz CT molecular complexity index is 924. The molecule has 4 rings (SSSR count). The number of imidazole rings is 1. The van der Waals surface area contributed by atoms with Crippen LogP contribution < -0.4 is 4.90 Å². The van der Waals surface area contributed by atoms with E-state index in [0.29, 0.717) is 0 Å². The molecule has 0 saturated heterocycles. The average molecular weight is 345 g/mol. The standard InChI is InChI=1S/C21H23N5/c1-3-17-4-6-18(7-5-17)19-8-11-25(12-9-19)20-14-22-15-21(24-20)26-13-10-23-16(26)2/h4-8,10,13-15H,3,9,11-12H2,1-2H3. The average Bonchev–Trinajstić information content (AvgIpc) is 3.14. The van der Waals surface area contributed by atoms with Gasteiger partial charge >= 0.3 is 0 Å². The third-order valence-corrected chi connectivity index (χ3v) is 4.95. The van der Waals surface area contributed by atoms with Crippen molar-refractivity contribution in [3.63, 3.8) is 0 Å². The molecule has 132 valence electrons. The Balaban J connectivity index is 1.52. The van der Waals surface area contributed by atoms with Crippen LogP contribution in [0.15, 0.2) is 55.1 Å². The van der Waals surface area contributed by atoms with Crippen LogP contribution in [0.3, 0.4) is 0 Å². The Morgan fingerprint density at radius 2 is 1.88 bits per heavy atom. The lowest BCUT2D eigenvalue weighted by Gasteiger charge is -2.27. The van der Waals surface area contributed by atoms with Crippen LogP contribution in [-0.4, -0.2) is 32.6 Å². The minimum atomic E-state index is 0.808. The van der Waals surface area contributed by atoms with E-state index >= 15 is 0 Å². The minimum Gasteiger partial charge on any atom is -0.351 e. The molecule has 1 aromatic carbocycles. The van der Waals surface area contributed by atoms with Gasteiger partial charge in [-0.25, -0.2) is 9.97 Å². The van der Waals surface area contributed by atoms with Crippen molar-refractivity contribution in [3.8, 4) is 5.82 Å². The lowest BCUT2D eigenvalue weighted by Crippen LogP contribution is -2.29. The van der Waals surface area contributed by atoms with Crippen LogP contribution in [0, 0.1) is 6.92 Å². The number of hydrogen-bond donors (Lipinski definition) is 0. The van der Waals surface area contributed by atoms with Crippen LogP contribution in [0.5, 0.6) is 0 Å². The zero-order valence-electron chi connectivity index (χ0n) is 15.3. The van der Waals surface area contributed by atoms with E-state index in [-0.39, 0.29) is 0 Å². The molecule has 0 N–H and O–H groups in total. The molecule has 0 aliphatic carbocycles. The summed E-state index contributed by atoms with van der Waals surface area (Å²) in [5, 5.41) is 0. The van der Waals surface area contributed by atoms with Gasteiger partial charge in [-0.15, -0.1) is 0 Å². The van der Waals surface area contributed by atoms with E-state index in [4.69, 9.17) is 4.98 Å². The van der Waals surface area contributed by atoms with E-state index in [2.05, 4.69) is 52.1 Å². The van der Waals surface area contributed by atoms with Crippen LogP contribution in [-0.2, 0) is 6.42 Å². The maximum absolute atomic E-state index is 4.78. The molecule has 5 heteroatoms. The topological polar surface area (TPSA) is 46.8 Å². The quantitative estimate of drug-likeness (QED) is 0.721. The Morgan fingerprint density at radius 3 is 2.54 bits per heavy atom. The van der Waals surface area contributed by atoms with E-state index in [1.54, 1.807) is 12.4 Å². The van der Waals surface area contributed by atoms with Gasteiger partial charge in [0.25, 0.3) is 0 Å². The first-order valence-electron chi connectivity index (χ1n) is 9.10. The first-order valence-corrected chi connectivity index (χ1v) is 9.10. The van der Waals surface area contributed by atoms with Gasteiger partial charge < -0.3 is 4.90 Å². The molecule has 0 bridgehead atoms. The van der Waals surface area contributed by atoms with Crippen molar-refractivity contribution in [1.82, 2.24) is 19.5 Å². The van der Waals surface area contributed by atoms with E-state index in [1.807, 2.05) is 23.9 Å². The highest BCUT2D eigenvalue weighted by Crippen LogP contribution is 2.25. The second-order valence-electron chi connectivity index (χ2n) is 6.56. The van der Waals surface area contributed by atoms with Crippen molar-refractivity contribution in [3.05, 3.63) is 72.1 Å². The fraction of sp³-hybridized carbons (Fsp3) is 0.286. The number of anilines is 1. The van der Waals surface area contributed by atoms with Gasteiger partial charge in [0.15, 0.2) is 5.82 Å². The first kappa shape index (κ1) is 16.5. The summed E-state index contributed by atoms with van der Waals surface area (Å²) in [6, 6.07) is 8.93. The molecular weight excluding hydrogens is 322 g/mol. The van der Waals surface area contributed by atoms with E-state index < -0.39 is 0 Å². The maximum Gasteiger partial charge on any atom is 0.159 e. The highest BCUT2D eigenvalue weighted by molar-refractivity contribution is 5.68. The fourth-order valence-electron chi connectivity index (χ4n) is 3.33. The van der Waals surface area contributed by atoms with Crippen LogP contribution in [0.1, 0.15) is 30.3 Å². The van der Waals surface area contributed by atoms with Crippen molar-refractivity contribution in [1.29, 1.82) is 0 Å². The van der Waals surface area contributed by atoms with Gasteiger partial charge in [-0.3, -0.25) is 9.55 Å². The van der Waals surface area contributed by atoms with Crippen LogP contribution in [0.4, 0.5) is 5.82 Å². The van der Waals surface area contributed by atoms with Crippen molar-refractivity contribution in [2.75, 3.05) is 18.0 Å². The normalized spacial score (nSPS) is 14.4. The number of aromatic nitrogens is 4. The molecular formula is C21H23N5. The van der Waals surface area contributed by atoms with Crippen molar-refractivity contribution in [2.24, 2.45) is 0 Å². The van der Waals surface area contributed by atoms with Gasteiger partial charge in [-0.2, -0.15) is 0 Å². The van der Waals surface area contributed by atoms with Gasteiger partial charge in [0.2, 0.25) is 0 Å². The summed E-state index contributed by atoms with van der Waals surface area (Å²) in [4.78, 5) is 15.7. The molecule has 0 unspecified atom stereocenters. The van der Waals surface area contributed by atoms with Crippen molar-refractivity contribution >= 4 is 11.4 Å². The second-order valence-corrected chi connectivity index (χ2v) is 6.56. The number of rotatable bonds is 4. The Kier molecular flexibility index (Phi) is 4.52. The summed E-state index contributed by atoms with van der Waals surface area (Å²) >= 11 is 0. The molecule has 2 aromatic heterocycles. The largest absolute Gasteiger partial charge is 0.351 e. The van der Waals surface area contributed by atoms with Crippen molar-refractivity contribution in [2.45, 2.75) is 26.7 Å². The van der Waals surface area contributed by atoms with Gasteiger partial charge in [0, 0.05) is 25.5 Å². The van der Waals surface area contributed by atoms with Gasteiger partial charge in [0.1, 0.15) is 11.6 Å². The van der Waals surface area contributed by atoms with Crippen LogP contribution in [0.2, 0.25) is 0 Å². The minimum absolute atomic E-state index is 0.808. The molecule has 3 heterocycles. The Morgan fingerprint density at radius 1 is 1.08 bits per heavy atom. The molecule has 0 amide bonds. The summed E-state index contributed by atoms with van der Waals surface area (Å²) in [6.45, 7) is 5.95. The highest BCUT2D eigenvalue weighted by atomic mass is 15.2. The van der Waals surface area contributed by atoms with E-state index in [9.17, 15) is 0 Å². The Hall–Kier alpha value is -2.95. The van der Waals surface area contributed by atoms with Crippen LogP contribution in [0.25, 0.3) is 11.4 Å². The zero-order valence-corrected chi connectivity index (χ0v) is 15.3. The Labute approximate surface area is 154 Å². The predicted octanol–water partition coefficient (Wildman–Crippen LogP) is 3.83. The first-order chi connectivity index (χ1) is 12.7. The third kappa shape index (κ3) is 3.25. The summed E-state index contributed by atoms with van der Waals surface area (Å²) in [5.74, 6) is 2.63. The second kappa shape index (κ2) is 7.12. The SMILES string of the molecule is CCc1ccc(C2=CCN(c3cncc(-n4ccnc4C)n3)CC2)cc1. The van der Waals surface area contributed by atoms with Gasteiger partial charge in [0.05, 0.1) is 12.4 Å². The lowest BCUT2D eigenvalue weighted by molar-refractivity contribution is 0.802. The lowest BCUT2D eigenvalue weighted by atomic mass is 9.98. The van der Waals surface area contributed by atoms with Gasteiger partial charge in [-0.1, -0.05) is 37.3 Å². The summed E-state index contributed by atoms with van der Waals surface area (Å²) < 4.78 is 1.96. The molecule has 3 aromatic rings. The zero-order chi connectivity index (χ0) is 17.9. The van der Waals surface area contributed by atoms with Crippen LogP contribution >= 0.6 is 0 Å². The molecule has 26 heavy (non-hydrogen) atoms. The van der Waals surface area contributed by atoms with Crippen molar-refractivity contribution < 1.29 is 0 Å². The number of benzene rings is 1. The number of hydrogen-bond acceptors (Lipinski definition) is 4. The number of nitrogens with zero attached hydrogens (tertiary/aromatic N) is 5. The highest BCUT2D eigenvalue weighted by Gasteiger charge is 2.15. The molecule has 0 radical (unpaired) electrons. The summed E-state index contributed by atoms with van der Waals surface area (Å²) in [6.07, 6.45) is 11.7. The molecule has 0 atom stereocenters. The number of aryl methyl sites for hydroxylation is 2. The van der Waals surface area contributed by atoms with E-state index in [1.165, 1.54) is 16.7 Å². The maximum atomic E-state index is 4.78. The molecule has 1 aliphatic heterocycles. The fourth-order valence-corrected chi connectivity index (χ4v) is 3.33.